The Morgan fingerprint density at radius 1 is 1.27 bits per heavy atom. The van der Waals surface area contributed by atoms with E-state index in [9.17, 15) is 13.2 Å². The number of hydrogen-bond donors (Lipinski definition) is 0. The van der Waals surface area contributed by atoms with Gasteiger partial charge in [0.25, 0.3) is 10.1 Å². The molecule has 3 aromatic heterocycles. The molecule has 3 heterocycles. The second-order valence-electron chi connectivity index (χ2n) is 7.21. The lowest BCUT2D eigenvalue weighted by Gasteiger charge is -2.26. The van der Waals surface area contributed by atoms with E-state index in [4.69, 9.17) is 20.5 Å². The van der Waals surface area contributed by atoms with Crippen molar-refractivity contribution < 1.29 is 22.1 Å². The summed E-state index contributed by atoms with van der Waals surface area (Å²) in [6.45, 7) is 5.06. The van der Waals surface area contributed by atoms with Crippen LogP contribution in [0.25, 0.3) is 10.2 Å². The molecule has 160 valence electrons. The van der Waals surface area contributed by atoms with Crippen LogP contribution < -0.4 is 4.90 Å². The van der Waals surface area contributed by atoms with E-state index in [-0.39, 0.29) is 23.5 Å². The molecule has 0 saturated heterocycles. The summed E-state index contributed by atoms with van der Waals surface area (Å²) in [4.78, 5) is 27.5. The van der Waals surface area contributed by atoms with Crippen LogP contribution in [0.2, 0.25) is 5.28 Å². The van der Waals surface area contributed by atoms with Crippen LogP contribution >= 0.6 is 22.9 Å². The number of hydrogen-bond acceptors (Lipinski definition) is 9. The molecule has 0 radical (unpaired) electrons. The highest BCUT2D eigenvalue weighted by Crippen LogP contribution is 2.36. The predicted octanol–water partition coefficient (Wildman–Crippen LogP) is 4.29. The maximum atomic E-state index is 13.0. The topological polar surface area (TPSA) is 112 Å². The molecule has 0 saturated carbocycles. The number of thiophene rings is 1. The number of nitrogens with zero attached hydrogens (tertiary/aromatic N) is 4. The Balaban J connectivity index is 2.13. The first-order valence-corrected chi connectivity index (χ1v) is 11.7. The summed E-state index contributed by atoms with van der Waals surface area (Å²) in [7, 11) is -3.62. The van der Waals surface area contributed by atoms with Gasteiger partial charge in [-0.3, -0.25) is 4.18 Å². The number of carbonyl (C=O) groups excluding carboxylic acids is 1. The SMILES string of the molecule is CC(C)(C)OC(=O)N(c1ccccn1)c1nc(Cl)nc2cc(COS(C)(=O)=O)sc12. The van der Waals surface area contributed by atoms with Gasteiger partial charge in [-0.15, -0.1) is 11.3 Å². The van der Waals surface area contributed by atoms with Crippen molar-refractivity contribution in [1.82, 2.24) is 15.0 Å². The zero-order valence-corrected chi connectivity index (χ0v) is 19.0. The summed E-state index contributed by atoms with van der Waals surface area (Å²) in [5, 5.41) is -0.0876. The molecule has 0 aromatic carbocycles. The minimum Gasteiger partial charge on any atom is -0.443 e. The number of carbonyl (C=O) groups is 1. The summed E-state index contributed by atoms with van der Waals surface area (Å²) >= 11 is 7.29. The molecule has 0 aliphatic rings. The molecule has 3 rings (SSSR count). The fraction of sp³-hybridized carbons (Fsp3) is 0.333. The third-order valence-corrected chi connectivity index (χ3v) is 5.27. The van der Waals surface area contributed by atoms with Crippen molar-refractivity contribution in [3.63, 3.8) is 0 Å². The lowest BCUT2D eigenvalue weighted by atomic mass is 10.2. The van der Waals surface area contributed by atoms with Gasteiger partial charge >= 0.3 is 6.09 Å². The Bertz CT molecular complexity index is 1180. The van der Waals surface area contributed by atoms with E-state index in [2.05, 4.69) is 15.0 Å². The molecule has 0 aliphatic heterocycles. The molecule has 1 amide bonds. The Labute approximate surface area is 182 Å². The van der Waals surface area contributed by atoms with Gasteiger partial charge in [0, 0.05) is 11.1 Å². The van der Waals surface area contributed by atoms with Gasteiger partial charge in [-0.2, -0.15) is 13.4 Å². The molecule has 0 fully saturated rings. The first-order chi connectivity index (χ1) is 13.9. The van der Waals surface area contributed by atoms with Crippen molar-refractivity contribution in [1.29, 1.82) is 0 Å². The van der Waals surface area contributed by atoms with Crippen molar-refractivity contribution in [2.45, 2.75) is 33.0 Å². The van der Waals surface area contributed by atoms with Crippen LogP contribution in [0.5, 0.6) is 0 Å². The predicted molar refractivity (Wildman–Crippen MR) is 115 cm³/mol. The van der Waals surface area contributed by atoms with Crippen molar-refractivity contribution in [3.8, 4) is 0 Å². The average Bonchev–Trinajstić information content (AvgIpc) is 3.02. The van der Waals surface area contributed by atoms with Gasteiger partial charge in [-0.05, 0) is 50.6 Å². The van der Waals surface area contributed by atoms with Gasteiger partial charge in [0.05, 0.1) is 16.5 Å². The monoisotopic (exact) mass is 470 g/mol. The summed E-state index contributed by atoms with van der Waals surface area (Å²) in [6, 6.07) is 6.70. The summed E-state index contributed by atoms with van der Waals surface area (Å²) in [6.07, 6.45) is 1.81. The normalized spacial score (nSPS) is 12.2. The molecule has 0 atom stereocenters. The Morgan fingerprint density at radius 2 is 2.00 bits per heavy atom. The van der Waals surface area contributed by atoms with Gasteiger partial charge < -0.3 is 4.74 Å². The first kappa shape index (κ1) is 22.3. The van der Waals surface area contributed by atoms with Gasteiger partial charge in [0.2, 0.25) is 5.28 Å². The fourth-order valence-electron chi connectivity index (χ4n) is 2.41. The second kappa shape index (κ2) is 8.42. The zero-order chi connectivity index (χ0) is 22.1. The van der Waals surface area contributed by atoms with Crippen LogP contribution in [-0.2, 0) is 25.6 Å². The number of pyridine rings is 1. The van der Waals surface area contributed by atoms with Crippen LogP contribution in [0.15, 0.2) is 30.5 Å². The molecule has 0 bridgehead atoms. The Hall–Kier alpha value is -2.34. The minimum atomic E-state index is -3.62. The number of fused-ring (bicyclic) bond motifs is 1. The number of halogens is 1. The van der Waals surface area contributed by atoms with E-state index in [1.54, 1.807) is 45.0 Å². The third kappa shape index (κ3) is 5.63. The van der Waals surface area contributed by atoms with Crippen LogP contribution in [0.4, 0.5) is 16.4 Å². The lowest BCUT2D eigenvalue weighted by Crippen LogP contribution is -2.34. The number of rotatable bonds is 5. The van der Waals surface area contributed by atoms with Crippen LogP contribution in [-0.4, -0.2) is 41.3 Å². The van der Waals surface area contributed by atoms with E-state index in [0.717, 1.165) is 6.26 Å². The summed E-state index contributed by atoms with van der Waals surface area (Å²) < 4.78 is 33.5. The van der Waals surface area contributed by atoms with Crippen LogP contribution in [0.3, 0.4) is 0 Å². The van der Waals surface area contributed by atoms with E-state index in [1.807, 2.05) is 0 Å². The molecule has 0 N–H and O–H groups in total. The summed E-state index contributed by atoms with van der Waals surface area (Å²) in [5.41, 5.74) is -0.323. The van der Waals surface area contributed by atoms with Crippen molar-refractivity contribution >= 4 is 61.0 Å². The van der Waals surface area contributed by atoms with Gasteiger partial charge in [-0.25, -0.2) is 19.7 Å². The third-order valence-electron chi connectivity index (χ3n) is 3.46. The van der Waals surface area contributed by atoms with Gasteiger partial charge in [0.15, 0.2) is 5.82 Å². The Kier molecular flexibility index (Phi) is 6.27. The van der Waals surface area contributed by atoms with E-state index < -0.39 is 21.8 Å². The van der Waals surface area contributed by atoms with E-state index >= 15 is 0 Å². The average molecular weight is 471 g/mol. The second-order valence-corrected chi connectivity index (χ2v) is 10.3. The quantitative estimate of drug-likeness (QED) is 0.401. The van der Waals surface area contributed by atoms with Crippen LogP contribution in [0.1, 0.15) is 25.6 Å². The smallest absolute Gasteiger partial charge is 0.421 e. The fourth-order valence-corrected chi connectivity index (χ4v) is 3.98. The van der Waals surface area contributed by atoms with Crippen molar-refractivity contribution in [2.75, 3.05) is 11.2 Å². The molecular weight excluding hydrogens is 452 g/mol. The van der Waals surface area contributed by atoms with E-state index in [1.165, 1.54) is 22.4 Å². The van der Waals surface area contributed by atoms with Gasteiger partial charge in [0.1, 0.15) is 18.0 Å². The largest absolute Gasteiger partial charge is 0.443 e. The molecule has 12 heteroatoms. The molecule has 30 heavy (non-hydrogen) atoms. The maximum Gasteiger partial charge on any atom is 0.421 e. The minimum absolute atomic E-state index is 0.0876. The molecular formula is C18H19ClN4O5S2. The highest BCUT2D eigenvalue weighted by Gasteiger charge is 2.29. The van der Waals surface area contributed by atoms with Crippen LogP contribution in [0, 0.1) is 0 Å². The molecule has 0 spiro atoms. The molecule has 0 aliphatic carbocycles. The molecule has 9 nitrogen and oxygen atoms in total. The number of ether oxygens (including phenoxy) is 1. The van der Waals surface area contributed by atoms with Crippen molar-refractivity contribution in [2.24, 2.45) is 0 Å². The number of anilines is 2. The molecule has 0 unspecified atom stereocenters. The van der Waals surface area contributed by atoms with Crippen molar-refractivity contribution in [3.05, 3.63) is 40.6 Å². The standard InChI is InChI=1S/C18H19ClN4O5S2/c1-18(2,3)28-17(24)23(13-7-5-6-8-20-13)15-14-12(21-16(19)22-15)9-11(29-14)10-27-30(4,25)26/h5-9H,10H2,1-4H3. The number of amides is 1. The Morgan fingerprint density at radius 3 is 2.60 bits per heavy atom. The summed E-state index contributed by atoms with van der Waals surface area (Å²) in [5.74, 6) is 0.457. The number of aromatic nitrogens is 3. The zero-order valence-electron chi connectivity index (χ0n) is 16.6. The first-order valence-electron chi connectivity index (χ1n) is 8.67. The molecule has 3 aromatic rings. The highest BCUT2D eigenvalue weighted by atomic mass is 35.5. The van der Waals surface area contributed by atoms with Gasteiger partial charge in [-0.1, -0.05) is 6.07 Å². The maximum absolute atomic E-state index is 13.0. The van der Waals surface area contributed by atoms with E-state index in [0.29, 0.717) is 15.1 Å². The lowest BCUT2D eigenvalue weighted by molar-refractivity contribution is 0.0597. The highest BCUT2D eigenvalue weighted by molar-refractivity contribution is 7.85.